The zero-order valence-electron chi connectivity index (χ0n) is 10.2. The third kappa shape index (κ3) is 2.77. The molecule has 4 nitrogen and oxygen atoms in total. The molecule has 1 aliphatic rings. The van der Waals surface area contributed by atoms with Crippen LogP contribution < -0.4 is 15.4 Å². The highest BCUT2D eigenvalue weighted by molar-refractivity contribution is 5.77. The number of nitrogens with one attached hydrogen (secondary N) is 2. The van der Waals surface area contributed by atoms with Gasteiger partial charge in [-0.25, -0.2) is 0 Å². The van der Waals surface area contributed by atoms with Gasteiger partial charge in [-0.2, -0.15) is 0 Å². The predicted molar refractivity (Wildman–Crippen MR) is 66.1 cm³/mol. The fraction of sp³-hybridized carbons (Fsp3) is 0.462. The van der Waals surface area contributed by atoms with Crippen LogP contribution in [0.15, 0.2) is 18.2 Å². The Morgan fingerprint density at radius 2 is 2.18 bits per heavy atom. The molecule has 1 atom stereocenters. The van der Waals surface area contributed by atoms with Crippen molar-refractivity contribution in [1.29, 1.82) is 0 Å². The molecule has 17 heavy (non-hydrogen) atoms. The molecule has 0 radical (unpaired) electrons. The molecule has 1 fully saturated rings. The van der Waals surface area contributed by atoms with Crippen LogP contribution >= 0.6 is 0 Å². The molecule has 0 aromatic heterocycles. The molecule has 1 aliphatic heterocycles. The first kappa shape index (κ1) is 11.9. The van der Waals surface area contributed by atoms with Gasteiger partial charge in [0.1, 0.15) is 5.75 Å². The monoisotopic (exact) mass is 234 g/mol. The highest BCUT2D eigenvalue weighted by Gasteiger charge is 2.18. The van der Waals surface area contributed by atoms with Crippen LogP contribution in [-0.4, -0.2) is 26.1 Å². The second-order valence-electron chi connectivity index (χ2n) is 4.29. The van der Waals surface area contributed by atoms with Crippen molar-refractivity contribution >= 4 is 5.91 Å². The third-order valence-electron chi connectivity index (χ3n) is 3.05. The zero-order chi connectivity index (χ0) is 12.3. The van der Waals surface area contributed by atoms with Crippen molar-refractivity contribution in [3.05, 3.63) is 29.3 Å². The van der Waals surface area contributed by atoms with Gasteiger partial charge in [0.15, 0.2) is 0 Å². The number of rotatable bonds is 2. The minimum atomic E-state index is 0.0992. The first-order valence-electron chi connectivity index (χ1n) is 5.85. The molecule has 0 spiro atoms. The molecule has 1 amide bonds. The van der Waals surface area contributed by atoms with Crippen molar-refractivity contribution in [3.8, 4) is 5.75 Å². The van der Waals surface area contributed by atoms with Crippen LogP contribution in [0.5, 0.6) is 5.75 Å². The van der Waals surface area contributed by atoms with E-state index in [1.165, 1.54) is 0 Å². The molecule has 1 aromatic carbocycles. The number of carbonyl (C=O) groups excluding carboxylic acids is 1. The van der Waals surface area contributed by atoms with E-state index in [-0.39, 0.29) is 11.9 Å². The van der Waals surface area contributed by atoms with Gasteiger partial charge in [0.05, 0.1) is 7.11 Å². The summed E-state index contributed by atoms with van der Waals surface area (Å²) in [6.45, 7) is 3.52. The molecule has 0 aliphatic carbocycles. The van der Waals surface area contributed by atoms with E-state index in [9.17, 15) is 4.79 Å². The van der Waals surface area contributed by atoms with E-state index in [4.69, 9.17) is 4.74 Å². The minimum Gasteiger partial charge on any atom is -0.496 e. The lowest BCUT2D eigenvalue weighted by atomic mass is 10.0. The Bertz CT molecular complexity index is 418. The molecule has 1 aromatic rings. The summed E-state index contributed by atoms with van der Waals surface area (Å²) in [7, 11) is 1.67. The summed E-state index contributed by atoms with van der Waals surface area (Å²) in [4.78, 5) is 11.5. The number of carbonyl (C=O) groups is 1. The van der Waals surface area contributed by atoms with E-state index >= 15 is 0 Å². The first-order valence-corrected chi connectivity index (χ1v) is 5.85. The molecule has 92 valence electrons. The Balaban J connectivity index is 2.20. The number of hydrogen-bond donors (Lipinski definition) is 2. The van der Waals surface area contributed by atoms with Gasteiger partial charge in [0.25, 0.3) is 0 Å². The van der Waals surface area contributed by atoms with Gasteiger partial charge in [-0.3, -0.25) is 4.79 Å². The fourth-order valence-electron chi connectivity index (χ4n) is 2.13. The van der Waals surface area contributed by atoms with Crippen molar-refractivity contribution in [3.63, 3.8) is 0 Å². The average Bonchev–Trinajstić information content (AvgIpc) is 2.54. The van der Waals surface area contributed by atoms with Gasteiger partial charge in [-0.1, -0.05) is 12.1 Å². The Labute approximate surface area is 101 Å². The Hall–Kier alpha value is -1.55. The lowest BCUT2D eigenvalue weighted by molar-refractivity contribution is -0.121. The molecule has 2 rings (SSSR count). The van der Waals surface area contributed by atoms with E-state index in [1.54, 1.807) is 7.11 Å². The smallest absolute Gasteiger partial charge is 0.221 e. The number of benzene rings is 1. The van der Waals surface area contributed by atoms with E-state index in [0.29, 0.717) is 13.0 Å². The van der Waals surface area contributed by atoms with Gasteiger partial charge in [0, 0.05) is 25.6 Å². The van der Waals surface area contributed by atoms with Gasteiger partial charge in [-0.05, 0) is 24.1 Å². The molecular formula is C13H18N2O2. The van der Waals surface area contributed by atoms with Gasteiger partial charge >= 0.3 is 0 Å². The maximum atomic E-state index is 11.5. The molecule has 1 saturated heterocycles. The Morgan fingerprint density at radius 1 is 1.35 bits per heavy atom. The molecule has 1 heterocycles. The average molecular weight is 234 g/mol. The Morgan fingerprint density at radius 3 is 2.88 bits per heavy atom. The summed E-state index contributed by atoms with van der Waals surface area (Å²) in [5.41, 5.74) is 2.23. The highest BCUT2D eigenvalue weighted by Crippen LogP contribution is 2.24. The largest absolute Gasteiger partial charge is 0.496 e. The Kier molecular flexibility index (Phi) is 3.64. The van der Waals surface area contributed by atoms with Gasteiger partial charge < -0.3 is 15.4 Å². The lowest BCUT2D eigenvalue weighted by Crippen LogP contribution is -2.24. The van der Waals surface area contributed by atoms with Gasteiger partial charge in [0.2, 0.25) is 5.91 Å². The second-order valence-corrected chi connectivity index (χ2v) is 4.29. The van der Waals surface area contributed by atoms with Crippen LogP contribution in [0.25, 0.3) is 0 Å². The zero-order valence-corrected chi connectivity index (χ0v) is 10.2. The summed E-state index contributed by atoms with van der Waals surface area (Å²) in [6.07, 6.45) is 0.492. The number of aryl methyl sites for hydroxylation is 1. The van der Waals surface area contributed by atoms with Crippen molar-refractivity contribution < 1.29 is 9.53 Å². The van der Waals surface area contributed by atoms with E-state index in [1.807, 2.05) is 19.1 Å². The van der Waals surface area contributed by atoms with Crippen LogP contribution in [0, 0.1) is 6.92 Å². The third-order valence-corrected chi connectivity index (χ3v) is 3.05. The van der Waals surface area contributed by atoms with Crippen molar-refractivity contribution in [2.24, 2.45) is 0 Å². The quantitative estimate of drug-likeness (QED) is 0.807. The maximum absolute atomic E-state index is 11.5. The van der Waals surface area contributed by atoms with Crippen molar-refractivity contribution in [2.75, 3.05) is 20.2 Å². The predicted octanol–water partition coefficient (Wildman–Crippen LogP) is 1.15. The number of amides is 1. The minimum absolute atomic E-state index is 0.0992. The number of hydrogen-bond acceptors (Lipinski definition) is 3. The summed E-state index contributed by atoms with van der Waals surface area (Å²) in [5, 5.41) is 6.22. The molecule has 1 unspecified atom stereocenters. The molecular weight excluding hydrogens is 216 g/mol. The normalized spacial score (nSPS) is 20.6. The molecule has 4 heteroatoms. The fourth-order valence-corrected chi connectivity index (χ4v) is 2.13. The van der Waals surface area contributed by atoms with Crippen LogP contribution in [0.1, 0.15) is 23.6 Å². The number of ether oxygens (including phenoxy) is 1. The van der Waals surface area contributed by atoms with Crippen LogP contribution in [-0.2, 0) is 4.79 Å². The first-order chi connectivity index (χ1) is 8.20. The molecule has 0 saturated carbocycles. The van der Waals surface area contributed by atoms with Crippen LogP contribution in [0.4, 0.5) is 0 Å². The second kappa shape index (κ2) is 5.19. The van der Waals surface area contributed by atoms with E-state index in [0.717, 1.165) is 23.4 Å². The van der Waals surface area contributed by atoms with Crippen molar-refractivity contribution in [2.45, 2.75) is 19.4 Å². The molecule has 0 bridgehead atoms. The van der Waals surface area contributed by atoms with E-state index in [2.05, 4.69) is 16.7 Å². The maximum Gasteiger partial charge on any atom is 0.221 e. The van der Waals surface area contributed by atoms with E-state index < -0.39 is 0 Å². The lowest BCUT2D eigenvalue weighted by Gasteiger charge is -2.16. The standard InChI is InChI=1S/C13H18N2O2/c1-9-7-10(3-4-12(9)17-2)11-8-13(16)15-6-5-14-11/h3-4,7,11,14H,5-6,8H2,1-2H3,(H,15,16). The number of methoxy groups -OCH3 is 1. The highest BCUT2D eigenvalue weighted by atomic mass is 16.5. The van der Waals surface area contributed by atoms with Crippen LogP contribution in [0.3, 0.4) is 0 Å². The topological polar surface area (TPSA) is 50.4 Å². The SMILES string of the molecule is COc1ccc(C2CC(=O)NCCN2)cc1C. The summed E-state index contributed by atoms with van der Waals surface area (Å²) in [5.74, 6) is 0.986. The summed E-state index contributed by atoms with van der Waals surface area (Å²) < 4.78 is 5.23. The summed E-state index contributed by atoms with van der Waals surface area (Å²) in [6, 6.07) is 6.15. The van der Waals surface area contributed by atoms with Crippen LogP contribution in [0.2, 0.25) is 0 Å². The van der Waals surface area contributed by atoms with Gasteiger partial charge in [-0.15, -0.1) is 0 Å². The van der Waals surface area contributed by atoms with Crippen molar-refractivity contribution in [1.82, 2.24) is 10.6 Å². The molecule has 2 N–H and O–H groups in total. The summed E-state index contributed by atoms with van der Waals surface area (Å²) >= 11 is 0.